The number of benzene rings is 2. The minimum absolute atomic E-state index is 0.0879. The van der Waals surface area contributed by atoms with Crippen LogP contribution in [0.4, 0.5) is 4.79 Å². The maximum absolute atomic E-state index is 12.2. The number of carbonyl (C=O) groups excluding carboxylic acids is 1. The quantitative estimate of drug-likeness (QED) is 0.717. The first kappa shape index (κ1) is 16.9. The monoisotopic (exact) mass is 363 g/mol. The molecule has 2 N–H and O–H groups in total. The first-order valence-electron chi connectivity index (χ1n) is 8.53. The van der Waals surface area contributed by atoms with E-state index in [0.29, 0.717) is 0 Å². The largest absolute Gasteiger partial charge is 0.479 e. The zero-order valence-electron chi connectivity index (χ0n) is 14.3. The second-order valence-corrected chi connectivity index (χ2v) is 6.26. The molecular formula is C21H17NO5. The van der Waals surface area contributed by atoms with Gasteiger partial charge in [0.25, 0.3) is 0 Å². The molecule has 2 aromatic carbocycles. The van der Waals surface area contributed by atoms with Crippen LogP contribution in [0.3, 0.4) is 0 Å². The molecule has 1 amide bonds. The van der Waals surface area contributed by atoms with Crippen molar-refractivity contribution in [2.24, 2.45) is 0 Å². The minimum Gasteiger partial charge on any atom is -0.479 e. The fourth-order valence-corrected chi connectivity index (χ4v) is 3.47. The highest BCUT2D eigenvalue weighted by atomic mass is 16.5. The van der Waals surface area contributed by atoms with E-state index in [9.17, 15) is 14.7 Å². The molecule has 0 saturated heterocycles. The van der Waals surface area contributed by atoms with Crippen LogP contribution in [-0.2, 0) is 9.53 Å². The van der Waals surface area contributed by atoms with Gasteiger partial charge in [0, 0.05) is 5.92 Å². The maximum Gasteiger partial charge on any atom is 0.408 e. The van der Waals surface area contributed by atoms with Crippen molar-refractivity contribution in [3.05, 3.63) is 83.8 Å². The molecule has 0 unspecified atom stereocenters. The summed E-state index contributed by atoms with van der Waals surface area (Å²) in [6, 6.07) is 17.7. The second-order valence-electron chi connectivity index (χ2n) is 6.26. The number of nitrogens with one attached hydrogen (secondary N) is 1. The number of rotatable bonds is 5. The van der Waals surface area contributed by atoms with Crippen LogP contribution in [0, 0.1) is 0 Å². The number of amides is 1. The summed E-state index contributed by atoms with van der Waals surface area (Å²) in [7, 11) is 0. The Morgan fingerprint density at radius 3 is 2.19 bits per heavy atom. The van der Waals surface area contributed by atoms with Crippen LogP contribution in [0.5, 0.6) is 0 Å². The predicted octanol–water partition coefficient (Wildman–Crippen LogP) is 3.94. The van der Waals surface area contributed by atoms with Crippen molar-refractivity contribution in [1.29, 1.82) is 0 Å². The number of aliphatic carboxylic acids is 1. The van der Waals surface area contributed by atoms with Crippen molar-refractivity contribution in [2.45, 2.75) is 12.0 Å². The molecule has 0 saturated carbocycles. The second kappa shape index (κ2) is 6.99. The number of alkyl carbamates (subject to hydrolysis) is 1. The lowest BCUT2D eigenvalue weighted by Crippen LogP contribution is -2.34. The molecule has 4 rings (SSSR count). The van der Waals surface area contributed by atoms with Gasteiger partial charge in [-0.25, -0.2) is 9.59 Å². The first-order valence-corrected chi connectivity index (χ1v) is 8.53. The van der Waals surface area contributed by atoms with E-state index in [1.165, 1.54) is 12.3 Å². The van der Waals surface area contributed by atoms with E-state index in [0.717, 1.165) is 22.3 Å². The van der Waals surface area contributed by atoms with Crippen LogP contribution in [0.15, 0.2) is 71.3 Å². The van der Waals surface area contributed by atoms with Crippen LogP contribution >= 0.6 is 0 Å². The van der Waals surface area contributed by atoms with Crippen LogP contribution < -0.4 is 5.32 Å². The molecule has 0 spiro atoms. The number of hydrogen-bond donors (Lipinski definition) is 2. The molecule has 136 valence electrons. The summed E-state index contributed by atoms with van der Waals surface area (Å²) >= 11 is 0. The molecule has 1 atom stereocenters. The molecule has 1 aromatic heterocycles. The highest BCUT2D eigenvalue weighted by molar-refractivity contribution is 5.81. The summed E-state index contributed by atoms with van der Waals surface area (Å²) < 4.78 is 10.4. The van der Waals surface area contributed by atoms with Crippen LogP contribution in [0.25, 0.3) is 11.1 Å². The summed E-state index contributed by atoms with van der Waals surface area (Å²) in [4.78, 5) is 23.6. The minimum atomic E-state index is -1.30. The molecule has 27 heavy (non-hydrogen) atoms. The Morgan fingerprint density at radius 2 is 1.63 bits per heavy atom. The van der Waals surface area contributed by atoms with Crippen LogP contribution in [0.2, 0.25) is 0 Å². The average Bonchev–Trinajstić information content (AvgIpc) is 3.31. The van der Waals surface area contributed by atoms with Gasteiger partial charge in [0.05, 0.1) is 6.26 Å². The third kappa shape index (κ3) is 3.17. The molecule has 1 heterocycles. The van der Waals surface area contributed by atoms with Gasteiger partial charge in [-0.3, -0.25) is 0 Å². The lowest BCUT2D eigenvalue weighted by Gasteiger charge is -2.16. The van der Waals surface area contributed by atoms with Crippen molar-refractivity contribution in [3.8, 4) is 11.1 Å². The normalized spacial score (nSPS) is 13.5. The summed E-state index contributed by atoms with van der Waals surface area (Å²) in [5, 5.41) is 11.6. The predicted molar refractivity (Wildman–Crippen MR) is 97.3 cm³/mol. The summed E-state index contributed by atoms with van der Waals surface area (Å²) in [6.07, 6.45) is 0.547. The van der Waals surface area contributed by atoms with E-state index in [-0.39, 0.29) is 18.3 Å². The van der Waals surface area contributed by atoms with E-state index < -0.39 is 18.1 Å². The fourth-order valence-electron chi connectivity index (χ4n) is 3.47. The van der Waals surface area contributed by atoms with E-state index in [4.69, 9.17) is 9.15 Å². The smallest absolute Gasteiger partial charge is 0.408 e. The van der Waals surface area contributed by atoms with Crippen LogP contribution in [0.1, 0.15) is 28.8 Å². The van der Waals surface area contributed by atoms with E-state index >= 15 is 0 Å². The first-order chi connectivity index (χ1) is 13.1. The zero-order valence-corrected chi connectivity index (χ0v) is 14.3. The van der Waals surface area contributed by atoms with Gasteiger partial charge in [-0.15, -0.1) is 0 Å². The van der Waals surface area contributed by atoms with Gasteiger partial charge in [-0.05, 0) is 34.4 Å². The summed E-state index contributed by atoms with van der Waals surface area (Å²) in [5.74, 6) is -1.18. The van der Waals surface area contributed by atoms with Crippen molar-refractivity contribution < 1.29 is 23.8 Å². The Balaban J connectivity index is 1.49. The van der Waals surface area contributed by atoms with Gasteiger partial charge < -0.3 is 19.6 Å². The molecule has 0 bridgehead atoms. The molecule has 3 aromatic rings. The lowest BCUT2D eigenvalue weighted by atomic mass is 9.98. The lowest BCUT2D eigenvalue weighted by molar-refractivity contribution is -0.140. The number of carbonyl (C=O) groups is 2. The zero-order chi connectivity index (χ0) is 18.8. The third-order valence-electron chi connectivity index (χ3n) is 4.68. The van der Waals surface area contributed by atoms with E-state index in [2.05, 4.69) is 5.32 Å². The SMILES string of the molecule is O=C(N[C@H](C(=O)O)c1ccco1)OCC1c2ccccc2-c2ccccc21. The topological polar surface area (TPSA) is 88.8 Å². The van der Waals surface area contributed by atoms with Gasteiger partial charge in [0.2, 0.25) is 0 Å². The number of hydrogen-bond acceptors (Lipinski definition) is 4. The number of carboxylic acids is 1. The summed E-state index contributed by atoms with van der Waals surface area (Å²) in [6.45, 7) is 0.115. The van der Waals surface area contributed by atoms with Crippen molar-refractivity contribution in [3.63, 3.8) is 0 Å². The average molecular weight is 363 g/mol. The fraction of sp³-hybridized carbons (Fsp3) is 0.143. The Bertz CT molecular complexity index is 934. The van der Waals surface area contributed by atoms with Crippen molar-refractivity contribution in [2.75, 3.05) is 6.61 Å². The number of fused-ring (bicyclic) bond motifs is 3. The molecular weight excluding hydrogens is 346 g/mol. The molecule has 6 nitrogen and oxygen atoms in total. The summed E-state index contributed by atoms with van der Waals surface area (Å²) in [5.41, 5.74) is 4.43. The Labute approximate surface area is 155 Å². The van der Waals surface area contributed by atoms with Gasteiger partial charge in [0.1, 0.15) is 12.4 Å². The third-order valence-corrected chi connectivity index (χ3v) is 4.68. The van der Waals surface area contributed by atoms with Crippen molar-refractivity contribution in [1.82, 2.24) is 5.32 Å². The Hall–Kier alpha value is -3.54. The van der Waals surface area contributed by atoms with Gasteiger partial charge in [0.15, 0.2) is 6.04 Å². The Morgan fingerprint density at radius 1 is 1.00 bits per heavy atom. The number of ether oxygens (including phenoxy) is 1. The molecule has 1 aliphatic rings. The maximum atomic E-state index is 12.2. The molecule has 0 fully saturated rings. The molecule has 0 aliphatic heterocycles. The van der Waals surface area contributed by atoms with E-state index in [1.807, 2.05) is 48.5 Å². The van der Waals surface area contributed by atoms with E-state index in [1.54, 1.807) is 6.07 Å². The van der Waals surface area contributed by atoms with Crippen molar-refractivity contribution >= 4 is 12.1 Å². The van der Waals surface area contributed by atoms with Crippen LogP contribution in [-0.4, -0.2) is 23.8 Å². The standard InChI is InChI=1S/C21H17NO5/c23-20(24)19(18-10-5-11-26-18)22-21(25)27-12-17-15-8-3-1-6-13(15)14-7-2-4-9-16(14)17/h1-11,17,19H,12H2,(H,22,25)(H,23,24)/t19-/m0/s1. The number of furan rings is 1. The van der Waals surface area contributed by atoms with Gasteiger partial charge >= 0.3 is 12.1 Å². The molecule has 1 aliphatic carbocycles. The molecule has 0 radical (unpaired) electrons. The molecule has 6 heteroatoms. The highest BCUT2D eigenvalue weighted by Crippen LogP contribution is 2.44. The number of carboxylic acid groups (broad SMARTS) is 1. The van der Waals surface area contributed by atoms with Gasteiger partial charge in [-0.2, -0.15) is 0 Å². The van der Waals surface area contributed by atoms with Gasteiger partial charge in [-0.1, -0.05) is 48.5 Å². The Kier molecular flexibility index (Phi) is 4.38. The highest BCUT2D eigenvalue weighted by Gasteiger charge is 2.30.